The van der Waals surface area contributed by atoms with Crippen molar-refractivity contribution < 1.29 is 43.2 Å². The predicted octanol–water partition coefficient (Wildman–Crippen LogP) is 15.7. The average molecular weight is 980 g/mol. The lowest BCUT2D eigenvalue weighted by Crippen LogP contribution is -2.61. The molecule has 10 bridgehead atoms. The van der Waals surface area contributed by atoms with Gasteiger partial charge in [-0.25, -0.2) is 0 Å². The smallest absolute Gasteiger partial charge is 0.312 e. The van der Waals surface area contributed by atoms with Crippen LogP contribution in [0.3, 0.4) is 0 Å². The minimum Gasteiger partial charge on any atom is -0.459 e. The van der Waals surface area contributed by atoms with Crippen LogP contribution in [0.15, 0.2) is 0 Å². The monoisotopic (exact) mass is 979 g/mol. The third-order valence-corrected chi connectivity index (χ3v) is 20.4. The fourth-order valence-electron chi connectivity index (χ4n) is 17.1. The molecule has 1 heterocycles. The Morgan fingerprint density at radius 1 is 0.609 bits per heavy atom. The summed E-state index contributed by atoms with van der Waals surface area (Å²) in [5, 5.41) is 11.5. The van der Waals surface area contributed by atoms with E-state index in [1.807, 2.05) is 34.6 Å². The fourth-order valence-corrected chi connectivity index (χ4v) is 17.1. The van der Waals surface area contributed by atoms with Crippen molar-refractivity contribution in [1.29, 1.82) is 0 Å². The van der Waals surface area contributed by atoms with Gasteiger partial charge in [-0.15, -0.1) is 0 Å². The van der Waals surface area contributed by atoms with Gasteiger partial charge in [-0.05, 0) is 185 Å². The molecule has 10 aliphatic carbocycles. The van der Waals surface area contributed by atoms with Crippen LogP contribution in [0.25, 0.3) is 0 Å². The standard InChI is InChI=1S/C51H78O9.9CH4/c1-12-47(10,41(54)58-37-34-17-35-36(18-34)39(52)57-38(35)37)45(6,7)27-48(11,42(55)59-46(8,9)49-19-29-13-30(20-49)15-31(14-29)21-49)44(4,5)26-43(2,3)40(53)60-51-24-32-16-33(25-51)23-50(56,22-32)28-51;;;;;;;;;/h29-38,56H,12-28H2,1-11H3;9*1H4. The molecule has 0 aromatic heterocycles. The summed E-state index contributed by atoms with van der Waals surface area (Å²) in [6.07, 6.45) is 14.0. The molecule has 0 aromatic rings. The van der Waals surface area contributed by atoms with E-state index >= 15 is 4.79 Å². The summed E-state index contributed by atoms with van der Waals surface area (Å²) >= 11 is 0. The molecule has 9 nitrogen and oxygen atoms in total. The van der Waals surface area contributed by atoms with Gasteiger partial charge in [0, 0.05) is 23.7 Å². The van der Waals surface area contributed by atoms with Gasteiger partial charge in [0.2, 0.25) is 0 Å². The molecule has 1 N–H and O–H groups in total. The third-order valence-electron chi connectivity index (χ3n) is 20.4. The molecule has 69 heavy (non-hydrogen) atoms. The molecule has 11 rings (SSSR count). The first-order valence-corrected chi connectivity index (χ1v) is 24.3. The Kier molecular flexibility index (Phi) is 20.3. The third kappa shape index (κ3) is 10.4. The average Bonchev–Trinajstić information content (AvgIpc) is 3.74. The van der Waals surface area contributed by atoms with E-state index < -0.39 is 50.0 Å². The number of aliphatic hydroxyl groups is 1. The number of carbonyl (C=O) groups is 4. The molecule has 1 saturated heterocycles. The van der Waals surface area contributed by atoms with Gasteiger partial charge in [0.15, 0.2) is 0 Å². The predicted molar refractivity (Wildman–Crippen MR) is 286 cm³/mol. The van der Waals surface area contributed by atoms with Crippen LogP contribution >= 0.6 is 0 Å². The highest BCUT2D eigenvalue weighted by molar-refractivity contribution is 5.81. The second-order valence-corrected chi connectivity index (χ2v) is 26.2. The SMILES string of the molecule is C.C.C.C.C.C.C.C.C.CCC(C)(C(=O)OC1C2CC3C(=O)OC1C3C2)C(C)(C)CC(C)(C(=O)OC(C)(C)C12CC3CC(CC(C3)C1)C2)C(C)(C)CC(C)(C)C(=O)OC12CC3CC(CC(O)(C3)C1)C2. The first-order valence-electron chi connectivity index (χ1n) is 24.3. The molecule has 0 radical (unpaired) electrons. The van der Waals surface area contributed by atoms with Crippen molar-refractivity contribution in [1.82, 2.24) is 0 Å². The number of hydrogen-bond donors (Lipinski definition) is 1. The second-order valence-electron chi connectivity index (χ2n) is 26.2. The van der Waals surface area contributed by atoms with Crippen molar-refractivity contribution in [2.45, 2.75) is 281 Å². The fraction of sp³-hybridized carbons (Fsp3) is 0.933. The van der Waals surface area contributed by atoms with Crippen molar-refractivity contribution in [3.8, 4) is 0 Å². The Morgan fingerprint density at radius 2 is 1.09 bits per heavy atom. The van der Waals surface area contributed by atoms with E-state index in [1.165, 1.54) is 19.3 Å². The molecule has 9 atom stereocenters. The summed E-state index contributed by atoms with van der Waals surface area (Å²) < 4.78 is 25.9. The van der Waals surface area contributed by atoms with Gasteiger partial charge < -0.3 is 24.1 Å². The highest BCUT2D eigenvalue weighted by Gasteiger charge is 2.66. The zero-order chi connectivity index (χ0) is 43.4. The number of carbonyl (C=O) groups excluding carboxylic acids is 4. The largest absolute Gasteiger partial charge is 0.459 e. The van der Waals surface area contributed by atoms with E-state index in [-0.39, 0.29) is 120 Å². The number of fused-ring (bicyclic) bond motifs is 1. The van der Waals surface area contributed by atoms with E-state index in [9.17, 15) is 19.5 Å². The van der Waals surface area contributed by atoms with Crippen molar-refractivity contribution in [3.05, 3.63) is 0 Å². The number of hydrogen-bond acceptors (Lipinski definition) is 9. The van der Waals surface area contributed by atoms with Gasteiger partial charge in [-0.3, -0.25) is 19.2 Å². The van der Waals surface area contributed by atoms with E-state index in [2.05, 4.69) is 41.5 Å². The maximum absolute atomic E-state index is 15.6. The van der Waals surface area contributed by atoms with Gasteiger partial charge in [0.05, 0.1) is 27.8 Å². The summed E-state index contributed by atoms with van der Waals surface area (Å²) in [4.78, 5) is 57.5. The molecule has 11 fully saturated rings. The van der Waals surface area contributed by atoms with Crippen LogP contribution in [-0.2, 0) is 38.1 Å². The lowest BCUT2D eigenvalue weighted by Gasteiger charge is -2.62. The van der Waals surface area contributed by atoms with Gasteiger partial charge in [0.25, 0.3) is 0 Å². The lowest BCUT2D eigenvalue weighted by atomic mass is 9.45. The normalized spacial score (nSPS) is 37.5. The summed E-state index contributed by atoms with van der Waals surface area (Å²) in [5.74, 6) is 2.04. The highest BCUT2D eigenvalue weighted by atomic mass is 16.6. The Morgan fingerprint density at radius 3 is 1.57 bits per heavy atom. The van der Waals surface area contributed by atoms with Crippen LogP contribution in [0.2, 0.25) is 0 Å². The zero-order valence-corrected chi connectivity index (χ0v) is 39.0. The molecule has 0 amide bonds. The minimum absolute atomic E-state index is 0. The van der Waals surface area contributed by atoms with Crippen molar-refractivity contribution in [2.24, 2.45) is 79.8 Å². The molecule has 11 aliphatic rings. The molecular formula is C60H114O9. The topological polar surface area (TPSA) is 125 Å². The molecular weight excluding hydrogens is 865 g/mol. The molecule has 9 heteroatoms. The van der Waals surface area contributed by atoms with Gasteiger partial charge >= 0.3 is 23.9 Å². The highest BCUT2D eigenvalue weighted by Crippen LogP contribution is 2.66. The summed E-state index contributed by atoms with van der Waals surface area (Å²) in [6, 6.07) is 0. The molecule has 10 saturated carbocycles. The summed E-state index contributed by atoms with van der Waals surface area (Å²) in [7, 11) is 0. The first kappa shape index (κ1) is 66.8. The maximum atomic E-state index is 15.6. The quantitative estimate of drug-likeness (QED) is 0.134. The van der Waals surface area contributed by atoms with E-state index in [0.717, 1.165) is 57.8 Å². The van der Waals surface area contributed by atoms with Crippen LogP contribution in [0.5, 0.6) is 0 Å². The second kappa shape index (κ2) is 21.0. The first-order chi connectivity index (χ1) is 27.7. The van der Waals surface area contributed by atoms with Crippen LogP contribution in [0, 0.1) is 79.8 Å². The Bertz CT molecular complexity index is 1760. The van der Waals surface area contributed by atoms with E-state index in [4.69, 9.17) is 18.9 Å². The zero-order valence-electron chi connectivity index (χ0n) is 39.0. The van der Waals surface area contributed by atoms with Gasteiger partial charge in [-0.1, -0.05) is 101 Å². The van der Waals surface area contributed by atoms with Gasteiger partial charge in [-0.2, -0.15) is 0 Å². The lowest BCUT2D eigenvalue weighted by molar-refractivity contribution is -0.228. The van der Waals surface area contributed by atoms with Crippen molar-refractivity contribution in [3.63, 3.8) is 0 Å². The summed E-state index contributed by atoms with van der Waals surface area (Å²) in [5.41, 5.74) is -6.78. The van der Waals surface area contributed by atoms with Crippen molar-refractivity contribution in [2.75, 3.05) is 0 Å². The minimum atomic E-state index is -1.14. The van der Waals surface area contributed by atoms with E-state index in [1.54, 1.807) is 0 Å². The Balaban J connectivity index is 0.00000514. The number of esters is 4. The number of rotatable bonds is 14. The maximum Gasteiger partial charge on any atom is 0.312 e. The molecule has 9 unspecified atom stereocenters. The Hall–Kier alpha value is -2.16. The molecule has 0 spiro atoms. The van der Waals surface area contributed by atoms with Gasteiger partial charge in [0.1, 0.15) is 23.4 Å². The summed E-state index contributed by atoms with van der Waals surface area (Å²) in [6.45, 7) is 22.6. The van der Waals surface area contributed by atoms with E-state index in [0.29, 0.717) is 61.7 Å². The van der Waals surface area contributed by atoms with Crippen LogP contribution in [0.4, 0.5) is 0 Å². The van der Waals surface area contributed by atoms with Crippen LogP contribution < -0.4 is 0 Å². The van der Waals surface area contributed by atoms with Crippen LogP contribution in [0.1, 0.15) is 252 Å². The number of ether oxygens (including phenoxy) is 4. The van der Waals surface area contributed by atoms with Crippen molar-refractivity contribution >= 4 is 23.9 Å². The molecule has 408 valence electrons. The Labute approximate surface area is 426 Å². The molecule has 1 aliphatic heterocycles. The van der Waals surface area contributed by atoms with Crippen LogP contribution in [-0.4, -0.2) is 58.0 Å². The molecule has 0 aromatic carbocycles.